The van der Waals surface area contributed by atoms with E-state index in [9.17, 15) is 34.5 Å². The maximum atomic E-state index is 10.5. The quantitative estimate of drug-likeness (QED) is 0.282. The van der Waals surface area contributed by atoms with Gasteiger partial charge in [-0.2, -0.15) is 0 Å². The SMILES string of the molecule is O=C([O-])CN(CCN(CC(=O)[O-])CC(=O)O)CC(=O)[O-].[Cu+].[Cu+].[Cu+]. The Bertz CT molecular complexity index is 328. The summed E-state index contributed by atoms with van der Waals surface area (Å²) in [6.07, 6.45) is 0. The minimum absolute atomic E-state index is 0. The molecule has 0 saturated heterocycles. The first-order chi connectivity index (χ1) is 9.20. The number of carboxylic acids is 4. The standard InChI is InChI=1S/C10H16N2O8.3Cu/c13-7(14)3-11(4-8(15)16)1-2-12(5-9(17)18)6-10(19)20;;;/h1-6H2,(H,13,14)(H,15,16)(H,17,18)(H,19,20);;;/q;3*+1/p-3. The molecule has 0 rings (SSSR count). The maximum absolute atomic E-state index is 10.5. The van der Waals surface area contributed by atoms with Crippen LogP contribution in [-0.2, 0) is 70.4 Å². The predicted octanol–water partition coefficient (Wildman–Crippen LogP) is -6.08. The van der Waals surface area contributed by atoms with Crippen LogP contribution in [0.15, 0.2) is 0 Å². The summed E-state index contributed by atoms with van der Waals surface area (Å²) in [5, 5.41) is 39.8. The summed E-state index contributed by atoms with van der Waals surface area (Å²) >= 11 is 0. The van der Waals surface area contributed by atoms with Crippen LogP contribution in [0.5, 0.6) is 0 Å². The van der Waals surface area contributed by atoms with E-state index in [1.54, 1.807) is 0 Å². The number of hydrogen-bond donors (Lipinski definition) is 1. The molecule has 144 valence electrons. The van der Waals surface area contributed by atoms with E-state index < -0.39 is 50.1 Å². The largest absolute Gasteiger partial charge is 1.00 e. The second kappa shape index (κ2) is 16.2. The smallest absolute Gasteiger partial charge is 0.549 e. The Morgan fingerprint density at radius 3 is 1.13 bits per heavy atom. The van der Waals surface area contributed by atoms with Gasteiger partial charge in [-0.15, -0.1) is 0 Å². The molecule has 0 radical (unpaired) electrons. The summed E-state index contributed by atoms with van der Waals surface area (Å²) in [7, 11) is 0. The van der Waals surface area contributed by atoms with E-state index in [0.717, 1.165) is 9.80 Å². The first kappa shape index (κ1) is 30.3. The van der Waals surface area contributed by atoms with Crippen LogP contribution in [-0.4, -0.2) is 78.1 Å². The number of carbonyl (C=O) groups is 4. The van der Waals surface area contributed by atoms with Gasteiger partial charge in [-0.25, -0.2) is 0 Å². The van der Waals surface area contributed by atoms with E-state index in [4.69, 9.17) is 5.11 Å². The molecule has 0 saturated carbocycles. The third-order valence-corrected chi connectivity index (χ3v) is 2.15. The van der Waals surface area contributed by atoms with E-state index in [1.165, 1.54) is 0 Å². The fourth-order valence-electron chi connectivity index (χ4n) is 1.45. The summed E-state index contributed by atoms with van der Waals surface area (Å²) in [5.74, 6) is -5.82. The van der Waals surface area contributed by atoms with E-state index in [0.29, 0.717) is 0 Å². The molecule has 23 heavy (non-hydrogen) atoms. The number of rotatable bonds is 11. The van der Waals surface area contributed by atoms with E-state index in [-0.39, 0.29) is 64.3 Å². The van der Waals surface area contributed by atoms with Crippen molar-refractivity contribution in [2.75, 3.05) is 39.3 Å². The van der Waals surface area contributed by atoms with Crippen molar-refractivity contribution in [3.05, 3.63) is 0 Å². The van der Waals surface area contributed by atoms with Crippen LogP contribution in [0.25, 0.3) is 0 Å². The average molecular weight is 480 g/mol. The molecule has 10 nitrogen and oxygen atoms in total. The molecule has 0 spiro atoms. The average Bonchev–Trinajstić information content (AvgIpc) is 2.22. The fraction of sp³-hybridized carbons (Fsp3) is 0.600. The number of aliphatic carboxylic acids is 4. The number of nitrogens with zero attached hydrogens (tertiary/aromatic N) is 2. The molecule has 0 unspecified atom stereocenters. The number of carboxylic acid groups (broad SMARTS) is 4. The fourth-order valence-corrected chi connectivity index (χ4v) is 1.45. The molecule has 0 aliphatic heterocycles. The van der Waals surface area contributed by atoms with Gasteiger partial charge in [-0.3, -0.25) is 14.6 Å². The van der Waals surface area contributed by atoms with Crippen molar-refractivity contribution in [3.63, 3.8) is 0 Å². The summed E-state index contributed by atoms with van der Waals surface area (Å²) in [5.41, 5.74) is 0. The van der Waals surface area contributed by atoms with Crippen LogP contribution in [0.1, 0.15) is 0 Å². The Kier molecular flexibility index (Phi) is 21.3. The molecule has 0 fully saturated rings. The van der Waals surface area contributed by atoms with Gasteiger partial charge in [0.25, 0.3) is 0 Å². The van der Waals surface area contributed by atoms with Crippen molar-refractivity contribution in [2.24, 2.45) is 0 Å². The molecule has 0 atom stereocenters. The van der Waals surface area contributed by atoms with Crippen LogP contribution in [0, 0.1) is 0 Å². The van der Waals surface area contributed by atoms with Crippen molar-refractivity contribution in [3.8, 4) is 0 Å². The summed E-state index contributed by atoms with van der Waals surface area (Å²) in [6.45, 7) is -3.00. The van der Waals surface area contributed by atoms with Gasteiger partial charge < -0.3 is 34.8 Å². The Morgan fingerprint density at radius 1 is 0.652 bits per heavy atom. The van der Waals surface area contributed by atoms with Gasteiger partial charge in [0, 0.05) is 32.7 Å². The van der Waals surface area contributed by atoms with Gasteiger partial charge in [0.05, 0.1) is 24.5 Å². The molecule has 0 aromatic rings. The van der Waals surface area contributed by atoms with Gasteiger partial charge in [-0.1, -0.05) is 0 Å². The van der Waals surface area contributed by atoms with Crippen LogP contribution in [0.4, 0.5) is 0 Å². The molecule has 0 aromatic carbocycles. The van der Waals surface area contributed by atoms with Crippen LogP contribution >= 0.6 is 0 Å². The molecule has 0 amide bonds. The Balaban J connectivity index is -0.000000602. The normalized spacial score (nSPS) is 9.30. The molecule has 0 heterocycles. The molecular formula is C10H13Cu3N2O8. The molecule has 0 aliphatic carbocycles. The van der Waals surface area contributed by atoms with Crippen LogP contribution in [0.3, 0.4) is 0 Å². The van der Waals surface area contributed by atoms with Crippen molar-refractivity contribution < 1.29 is 90.8 Å². The topological polar surface area (TPSA) is 164 Å². The van der Waals surface area contributed by atoms with Gasteiger partial charge in [-0.05, 0) is 0 Å². The summed E-state index contributed by atoms with van der Waals surface area (Å²) < 4.78 is 0. The second-order valence-electron chi connectivity index (χ2n) is 3.93. The Labute approximate surface area is 163 Å². The predicted molar refractivity (Wildman–Crippen MR) is 55.5 cm³/mol. The molecule has 0 aliphatic rings. The van der Waals surface area contributed by atoms with E-state index in [2.05, 4.69) is 0 Å². The van der Waals surface area contributed by atoms with Crippen LogP contribution < -0.4 is 15.3 Å². The zero-order chi connectivity index (χ0) is 15.7. The third-order valence-electron chi connectivity index (χ3n) is 2.15. The number of carbonyl (C=O) groups excluding carboxylic acids is 3. The van der Waals surface area contributed by atoms with E-state index >= 15 is 0 Å². The van der Waals surface area contributed by atoms with Gasteiger partial charge in [0.2, 0.25) is 0 Å². The maximum Gasteiger partial charge on any atom is 1.00 e. The second-order valence-corrected chi connectivity index (χ2v) is 3.93. The first-order valence-electron chi connectivity index (χ1n) is 5.46. The monoisotopic (exact) mass is 478 g/mol. The first-order valence-corrected chi connectivity index (χ1v) is 5.46. The zero-order valence-corrected chi connectivity index (χ0v) is 14.2. The van der Waals surface area contributed by atoms with Crippen molar-refractivity contribution in [1.29, 1.82) is 0 Å². The van der Waals surface area contributed by atoms with E-state index in [1.807, 2.05) is 0 Å². The van der Waals surface area contributed by atoms with Gasteiger partial charge in [0.15, 0.2) is 0 Å². The van der Waals surface area contributed by atoms with Crippen molar-refractivity contribution in [2.45, 2.75) is 0 Å². The minimum atomic E-state index is -1.52. The minimum Gasteiger partial charge on any atom is -0.549 e. The summed E-state index contributed by atoms with van der Waals surface area (Å²) in [4.78, 5) is 43.7. The Morgan fingerprint density at radius 2 is 0.913 bits per heavy atom. The van der Waals surface area contributed by atoms with Crippen molar-refractivity contribution in [1.82, 2.24) is 9.80 Å². The van der Waals surface area contributed by atoms with Gasteiger partial charge >= 0.3 is 57.2 Å². The zero-order valence-electron chi connectivity index (χ0n) is 11.3. The third kappa shape index (κ3) is 19.3. The van der Waals surface area contributed by atoms with Crippen LogP contribution in [0.2, 0.25) is 0 Å². The molecule has 13 heteroatoms. The molecule has 0 aromatic heterocycles. The van der Waals surface area contributed by atoms with Gasteiger partial charge in [0.1, 0.15) is 0 Å². The molecule has 1 N–H and O–H groups in total. The summed E-state index contributed by atoms with van der Waals surface area (Å²) in [6, 6.07) is 0. The molecule has 0 bridgehead atoms. The Hall–Kier alpha value is -0.642. The molecular weight excluding hydrogens is 467 g/mol. The van der Waals surface area contributed by atoms with Crippen molar-refractivity contribution >= 4 is 23.9 Å². The number of hydrogen-bond acceptors (Lipinski definition) is 9.